The van der Waals surface area contributed by atoms with E-state index < -0.39 is 0 Å². The van der Waals surface area contributed by atoms with E-state index in [0.717, 1.165) is 18.4 Å². The van der Waals surface area contributed by atoms with Crippen molar-refractivity contribution in [1.29, 1.82) is 0 Å². The van der Waals surface area contributed by atoms with Crippen LogP contribution in [0.5, 0.6) is 0 Å². The molecule has 1 aromatic heterocycles. The first-order valence-corrected chi connectivity index (χ1v) is 10.1. The number of amides is 1. The summed E-state index contributed by atoms with van der Waals surface area (Å²) in [4.78, 5) is 28.2. The molecule has 1 aliphatic heterocycles. The van der Waals surface area contributed by atoms with Gasteiger partial charge >= 0.3 is 0 Å². The van der Waals surface area contributed by atoms with Crippen molar-refractivity contribution in [3.8, 4) is 0 Å². The van der Waals surface area contributed by atoms with Crippen LogP contribution in [0.1, 0.15) is 35.8 Å². The molecule has 1 amide bonds. The lowest BCUT2D eigenvalue weighted by Crippen LogP contribution is -2.44. The van der Waals surface area contributed by atoms with E-state index in [2.05, 4.69) is 5.10 Å². The first kappa shape index (κ1) is 19.3. The van der Waals surface area contributed by atoms with Gasteiger partial charge in [-0.3, -0.25) is 9.59 Å². The second kappa shape index (κ2) is 8.57. The monoisotopic (exact) mass is 391 g/mol. The number of benzene rings is 2. The lowest BCUT2D eigenvalue weighted by atomic mass is 10.1. The average Bonchev–Trinajstić information content (AvgIpc) is 2.76. The average molecular weight is 391 g/mol. The lowest BCUT2D eigenvalue weighted by molar-refractivity contribution is 0.00703. The maximum Gasteiger partial charge on any atom is 0.275 e. The van der Waals surface area contributed by atoms with Crippen LogP contribution in [-0.4, -0.2) is 46.4 Å². The third kappa shape index (κ3) is 4.07. The summed E-state index contributed by atoms with van der Waals surface area (Å²) in [6.45, 7) is 4.16. The predicted octanol–water partition coefficient (Wildman–Crippen LogP) is 3.09. The number of carbonyl (C=O) groups excluding carboxylic acids is 1. The van der Waals surface area contributed by atoms with Crippen molar-refractivity contribution >= 4 is 16.7 Å². The number of fused-ring (bicyclic) bond motifs is 1. The first-order chi connectivity index (χ1) is 14.2. The van der Waals surface area contributed by atoms with E-state index in [1.54, 1.807) is 17.0 Å². The standard InChI is InChI=1S/C23H25N3O3/c1-2-29-18-11-8-14-25(16-18)23(28)21-19-12-6-7-13-20(19)22(27)26(24-21)15-17-9-4-3-5-10-17/h3-7,9-10,12-13,18H,2,8,11,14-16H2,1H3. The van der Waals surface area contributed by atoms with E-state index in [0.29, 0.717) is 42.7 Å². The maximum absolute atomic E-state index is 13.4. The van der Waals surface area contributed by atoms with Gasteiger partial charge in [-0.25, -0.2) is 4.68 Å². The van der Waals surface area contributed by atoms with Crippen LogP contribution in [0.15, 0.2) is 59.4 Å². The molecule has 0 radical (unpaired) electrons. The molecule has 0 aliphatic carbocycles. The molecular formula is C23H25N3O3. The minimum atomic E-state index is -0.188. The summed E-state index contributed by atoms with van der Waals surface area (Å²) in [5.41, 5.74) is 1.10. The Kier molecular flexibility index (Phi) is 5.71. The van der Waals surface area contributed by atoms with Crippen LogP contribution in [-0.2, 0) is 11.3 Å². The van der Waals surface area contributed by atoms with E-state index in [-0.39, 0.29) is 17.6 Å². The summed E-state index contributed by atoms with van der Waals surface area (Å²) in [7, 11) is 0. The molecule has 29 heavy (non-hydrogen) atoms. The molecule has 150 valence electrons. The van der Waals surface area contributed by atoms with Gasteiger partial charge in [0.05, 0.1) is 18.0 Å². The van der Waals surface area contributed by atoms with Crippen molar-refractivity contribution in [2.24, 2.45) is 0 Å². The Morgan fingerprint density at radius 3 is 2.59 bits per heavy atom. The van der Waals surface area contributed by atoms with Gasteiger partial charge in [-0.2, -0.15) is 5.10 Å². The van der Waals surface area contributed by atoms with E-state index in [1.165, 1.54) is 4.68 Å². The highest BCUT2D eigenvalue weighted by atomic mass is 16.5. The molecule has 2 aromatic carbocycles. The number of rotatable bonds is 5. The van der Waals surface area contributed by atoms with Crippen molar-refractivity contribution in [1.82, 2.24) is 14.7 Å². The van der Waals surface area contributed by atoms with E-state index in [4.69, 9.17) is 4.74 Å². The SMILES string of the molecule is CCOC1CCCN(C(=O)c2nn(Cc3ccccc3)c(=O)c3ccccc23)C1. The molecule has 1 fully saturated rings. The fourth-order valence-corrected chi connectivity index (χ4v) is 3.90. The van der Waals surface area contributed by atoms with Gasteiger partial charge in [0.15, 0.2) is 5.69 Å². The van der Waals surface area contributed by atoms with Crippen LogP contribution in [0, 0.1) is 0 Å². The summed E-state index contributed by atoms with van der Waals surface area (Å²) in [5.74, 6) is -0.146. The number of piperidine rings is 1. The molecular weight excluding hydrogens is 366 g/mol. The van der Waals surface area contributed by atoms with Crippen LogP contribution in [0.3, 0.4) is 0 Å². The van der Waals surface area contributed by atoms with Gasteiger partial charge in [-0.15, -0.1) is 0 Å². The van der Waals surface area contributed by atoms with Crippen LogP contribution < -0.4 is 5.56 Å². The Morgan fingerprint density at radius 1 is 1.10 bits per heavy atom. The Bertz CT molecular complexity index is 1060. The second-order valence-corrected chi connectivity index (χ2v) is 7.31. The molecule has 0 spiro atoms. The summed E-state index contributed by atoms with van der Waals surface area (Å²) in [6.07, 6.45) is 1.91. The zero-order chi connectivity index (χ0) is 20.2. The van der Waals surface area contributed by atoms with Crippen molar-refractivity contribution in [2.75, 3.05) is 19.7 Å². The molecule has 1 atom stereocenters. The quantitative estimate of drug-likeness (QED) is 0.670. The fourth-order valence-electron chi connectivity index (χ4n) is 3.90. The van der Waals surface area contributed by atoms with E-state index >= 15 is 0 Å². The van der Waals surface area contributed by atoms with Gasteiger partial charge < -0.3 is 9.64 Å². The third-order valence-corrected chi connectivity index (χ3v) is 5.31. The number of nitrogens with zero attached hydrogens (tertiary/aromatic N) is 3. The molecule has 1 unspecified atom stereocenters. The number of hydrogen-bond acceptors (Lipinski definition) is 4. The molecule has 0 N–H and O–H groups in total. The zero-order valence-corrected chi connectivity index (χ0v) is 16.6. The smallest absolute Gasteiger partial charge is 0.275 e. The first-order valence-electron chi connectivity index (χ1n) is 10.1. The predicted molar refractivity (Wildman–Crippen MR) is 112 cm³/mol. The van der Waals surface area contributed by atoms with Crippen molar-refractivity contribution < 1.29 is 9.53 Å². The largest absolute Gasteiger partial charge is 0.377 e. The Morgan fingerprint density at radius 2 is 1.83 bits per heavy atom. The number of hydrogen-bond donors (Lipinski definition) is 0. The van der Waals surface area contributed by atoms with Crippen molar-refractivity contribution in [3.63, 3.8) is 0 Å². The summed E-state index contributed by atoms with van der Waals surface area (Å²) < 4.78 is 7.14. The highest BCUT2D eigenvalue weighted by molar-refractivity contribution is 6.04. The van der Waals surface area contributed by atoms with Crippen molar-refractivity contribution in [2.45, 2.75) is 32.4 Å². The normalized spacial score (nSPS) is 16.9. The summed E-state index contributed by atoms with van der Waals surface area (Å²) in [5, 5.41) is 5.63. The molecule has 1 saturated heterocycles. The minimum absolute atomic E-state index is 0.0548. The molecule has 3 aromatic rings. The van der Waals surface area contributed by atoms with Gasteiger partial charge in [0.25, 0.3) is 11.5 Å². The summed E-state index contributed by atoms with van der Waals surface area (Å²) in [6, 6.07) is 16.9. The van der Waals surface area contributed by atoms with Gasteiger partial charge in [-0.05, 0) is 31.4 Å². The van der Waals surface area contributed by atoms with Crippen LogP contribution in [0.4, 0.5) is 0 Å². The zero-order valence-electron chi connectivity index (χ0n) is 16.6. The Labute approximate surface area is 169 Å². The molecule has 6 nitrogen and oxygen atoms in total. The van der Waals surface area contributed by atoms with Gasteiger partial charge in [-0.1, -0.05) is 48.5 Å². The number of ether oxygens (including phenoxy) is 1. The highest BCUT2D eigenvalue weighted by Crippen LogP contribution is 2.20. The molecule has 1 aliphatic rings. The molecule has 4 rings (SSSR count). The van der Waals surface area contributed by atoms with Gasteiger partial charge in [0.1, 0.15) is 0 Å². The lowest BCUT2D eigenvalue weighted by Gasteiger charge is -2.32. The third-order valence-electron chi connectivity index (χ3n) is 5.31. The van der Waals surface area contributed by atoms with Gasteiger partial charge in [0, 0.05) is 25.1 Å². The van der Waals surface area contributed by atoms with Crippen molar-refractivity contribution in [3.05, 3.63) is 76.2 Å². The Balaban J connectivity index is 1.74. The molecule has 0 saturated carbocycles. The maximum atomic E-state index is 13.4. The number of aromatic nitrogens is 2. The van der Waals surface area contributed by atoms with Crippen LogP contribution in [0.2, 0.25) is 0 Å². The van der Waals surface area contributed by atoms with E-state index in [9.17, 15) is 9.59 Å². The van der Waals surface area contributed by atoms with Crippen LogP contribution >= 0.6 is 0 Å². The molecule has 6 heteroatoms. The van der Waals surface area contributed by atoms with Gasteiger partial charge in [0.2, 0.25) is 0 Å². The Hall–Kier alpha value is -2.99. The summed E-state index contributed by atoms with van der Waals surface area (Å²) >= 11 is 0. The molecule has 2 heterocycles. The fraction of sp³-hybridized carbons (Fsp3) is 0.348. The number of likely N-dealkylation sites (tertiary alicyclic amines) is 1. The van der Waals surface area contributed by atoms with Crippen LogP contribution in [0.25, 0.3) is 10.8 Å². The minimum Gasteiger partial charge on any atom is -0.377 e. The highest BCUT2D eigenvalue weighted by Gasteiger charge is 2.27. The number of carbonyl (C=O) groups is 1. The van der Waals surface area contributed by atoms with E-state index in [1.807, 2.05) is 49.4 Å². The molecule has 0 bridgehead atoms. The second-order valence-electron chi connectivity index (χ2n) is 7.31. The topological polar surface area (TPSA) is 64.4 Å².